The fraction of sp³-hybridized carbons (Fsp3) is 0.900. The first-order chi connectivity index (χ1) is 5.81. The molecule has 0 spiro atoms. The molecule has 0 saturated carbocycles. The lowest BCUT2D eigenvalue weighted by Gasteiger charge is -2.24. The summed E-state index contributed by atoms with van der Waals surface area (Å²) in [6.45, 7) is 6.59. The lowest BCUT2D eigenvalue weighted by molar-refractivity contribution is 0.226. The standard InChI is InChI=1S/C10H18N2/c1-3-10(4-2)12-6-5-9(7-11)8-12/h9-10H,3-6,8H2,1-2H3. The molecule has 2 nitrogen and oxygen atoms in total. The molecular formula is C10H18N2. The summed E-state index contributed by atoms with van der Waals surface area (Å²) < 4.78 is 0. The molecule has 1 rings (SSSR count). The van der Waals surface area contributed by atoms with Gasteiger partial charge in [-0.1, -0.05) is 13.8 Å². The number of rotatable bonds is 3. The van der Waals surface area contributed by atoms with Crippen molar-refractivity contribution in [2.45, 2.75) is 39.2 Å². The van der Waals surface area contributed by atoms with Crippen molar-refractivity contribution in [3.05, 3.63) is 0 Å². The second kappa shape index (κ2) is 4.47. The molecule has 0 bridgehead atoms. The summed E-state index contributed by atoms with van der Waals surface area (Å²) in [6.07, 6.45) is 3.51. The summed E-state index contributed by atoms with van der Waals surface area (Å²) in [5, 5.41) is 8.73. The van der Waals surface area contributed by atoms with E-state index in [9.17, 15) is 0 Å². The van der Waals surface area contributed by atoms with Crippen LogP contribution in [0.2, 0.25) is 0 Å². The van der Waals surface area contributed by atoms with Gasteiger partial charge in [0, 0.05) is 12.6 Å². The van der Waals surface area contributed by atoms with E-state index in [0.29, 0.717) is 12.0 Å². The van der Waals surface area contributed by atoms with Gasteiger partial charge in [-0.3, -0.25) is 4.90 Å². The zero-order valence-corrected chi connectivity index (χ0v) is 8.08. The largest absolute Gasteiger partial charge is 0.299 e. The van der Waals surface area contributed by atoms with Crippen LogP contribution in [0.5, 0.6) is 0 Å². The molecule has 1 heterocycles. The second-order valence-electron chi connectivity index (χ2n) is 3.58. The maximum Gasteiger partial charge on any atom is 0.0669 e. The van der Waals surface area contributed by atoms with Gasteiger partial charge in [-0.15, -0.1) is 0 Å². The van der Waals surface area contributed by atoms with Gasteiger partial charge in [0.1, 0.15) is 0 Å². The van der Waals surface area contributed by atoms with E-state index in [0.717, 1.165) is 19.5 Å². The SMILES string of the molecule is CCC(CC)N1CCC(C#N)C1. The molecule has 0 aromatic rings. The molecule has 0 radical (unpaired) electrons. The van der Waals surface area contributed by atoms with Crippen molar-refractivity contribution in [1.29, 1.82) is 5.26 Å². The van der Waals surface area contributed by atoms with E-state index in [-0.39, 0.29) is 0 Å². The van der Waals surface area contributed by atoms with Gasteiger partial charge in [-0.05, 0) is 25.8 Å². The fourth-order valence-corrected chi connectivity index (χ4v) is 2.03. The van der Waals surface area contributed by atoms with Crippen LogP contribution in [0.4, 0.5) is 0 Å². The molecule has 1 unspecified atom stereocenters. The maximum absolute atomic E-state index is 8.73. The van der Waals surface area contributed by atoms with Gasteiger partial charge < -0.3 is 0 Å². The molecule has 0 aromatic carbocycles. The van der Waals surface area contributed by atoms with Gasteiger partial charge in [-0.2, -0.15) is 5.26 Å². The van der Waals surface area contributed by atoms with E-state index in [2.05, 4.69) is 24.8 Å². The predicted octanol–water partition coefficient (Wildman–Crippen LogP) is 2.02. The highest BCUT2D eigenvalue weighted by molar-refractivity contribution is 4.92. The molecular weight excluding hydrogens is 148 g/mol. The third kappa shape index (κ3) is 1.98. The normalized spacial score (nSPS) is 24.7. The average Bonchev–Trinajstić information content (AvgIpc) is 2.55. The van der Waals surface area contributed by atoms with Crippen LogP contribution in [-0.2, 0) is 0 Å². The van der Waals surface area contributed by atoms with E-state index < -0.39 is 0 Å². The smallest absolute Gasteiger partial charge is 0.0669 e. The first-order valence-electron chi connectivity index (χ1n) is 4.95. The predicted molar refractivity (Wildman–Crippen MR) is 49.7 cm³/mol. The first kappa shape index (κ1) is 9.54. The molecule has 1 fully saturated rings. The Hall–Kier alpha value is -0.550. The van der Waals surface area contributed by atoms with E-state index >= 15 is 0 Å². The third-order valence-corrected chi connectivity index (χ3v) is 2.86. The van der Waals surface area contributed by atoms with Gasteiger partial charge in [0.2, 0.25) is 0 Å². The summed E-state index contributed by atoms with van der Waals surface area (Å²) in [6, 6.07) is 3.07. The Morgan fingerprint density at radius 2 is 2.17 bits per heavy atom. The molecule has 68 valence electrons. The number of hydrogen-bond acceptors (Lipinski definition) is 2. The minimum atomic E-state index is 0.297. The Morgan fingerprint density at radius 3 is 2.58 bits per heavy atom. The van der Waals surface area contributed by atoms with Crippen molar-refractivity contribution in [1.82, 2.24) is 4.90 Å². The number of nitriles is 1. The van der Waals surface area contributed by atoms with Crippen molar-refractivity contribution in [3.63, 3.8) is 0 Å². The Labute approximate surface area is 75.2 Å². The third-order valence-electron chi connectivity index (χ3n) is 2.86. The molecule has 1 atom stereocenters. The number of nitrogens with zero attached hydrogens (tertiary/aromatic N) is 2. The monoisotopic (exact) mass is 166 g/mol. The molecule has 0 amide bonds. The van der Waals surface area contributed by atoms with Crippen LogP contribution in [0.3, 0.4) is 0 Å². The molecule has 0 aromatic heterocycles. The van der Waals surface area contributed by atoms with E-state index in [4.69, 9.17) is 5.26 Å². The average molecular weight is 166 g/mol. The summed E-state index contributed by atoms with van der Waals surface area (Å²) in [5.41, 5.74) is 0. The Kier molecular flexibility index (Phi) is 3.55. The van der Waals surface area contributed by atoms with Gasteiger partial charge >= 0.3 is 0 Å². The summed E-state index contributed by atoms with van der Waals surface area (Å²) in [5.74, 6) is 0.297. The summed E-state index contributed by atoms with van der Waals surface area (Å²) >= 11 is 0. The van der Waals surface area contributed by atoms with E-state index in [1.54, 1.807) is 0 Å². The molecule has 1 saturated heterocycles. The molecule has 2 heteroatoms. The van der Waals surface area contributed by atoms with E-state index in [1.807, 2.05) is 0 Å². The maximum atomic E-state index is 8.73. The van der Waals surface area contributed by atoms with Gasteiger partial charge in [0.15, 0.2) is 0 Å². The molecule has 0 aliphatic carbocycles. The van der Waals surface area contributed by atoms with Crippen molar-refractivity contribution in [2.24, 2.45) is 5.92 Å². The fourth-order valence-electron chi connectivity index (χ4n) is 2.03. The first-order valence-corrected chi connectivity index (χ1v) is 4.95. The highest BCUT2D eigenvalue weighted by Crippen LogP contribution is 2.20. The van der Waals surface area contributed by atoms with Crippen LogP contribution in [0, 0.1) is 17.2 Å². The summed E-state index contributed by atoms with van der Waals surface area (Å²) in [7, 11) is 0. The second-order valence-corrected chi connectivity index (χ2v) is 3.58. The lowest BCUT2D eigenvalue weighted by atomic mass is 10.1. The number of likely N-dealkylation sites (tertiary alicyclic amines) is 1. The molecule has 1 aliphatic heterocycles. The van der Waals surface area contributed by atoms with Gasteiger partial charge in [0.05, 0.1) is 12.0 Å². The van der Waals surface area contributed by atoms with Crippen LogP contribution in [0.1, 0.15) is 33.1 Å². The zero-order valence-electron chi connectivity index (χ0n) is 8.08. The Balaban J connectivity index is 2.40. The Morgan fingerprint density at radius 1 is 1.50 bits per heavy atom. The number of hydrogen-bond donors (Lipinski definition) is 0. The van der Waals surface area contributed by atoms with Crippen LogP contribution in [0.15, 0.2) is 0 Å². The van der Waals surface area contributed by atoms with Crippen molar-refractivity contribution >= 4 is 0 Å². The topological polar surface area (TPSA) is 27.0 Å². The zero-order chi connectivity index (χ0) is 8.97. The highest BCUT2D eigenvalue weighted by Gasteiger charge is 2.25. The van der Waals surface area contributed by atoms with Crippen molar-refractivity contribution in [2.75, 3.05) is 13.1 Å². The Bertz CT molecular complexity index is 167. The molecule has 1 aliphatic rings. The van der Waals surface area contributed by atoms with Crippen LogP contribution in [-0.4, -0.2) is 24.0 Å². The quantitative estimate of drug-likeness (QED) is 0.641. The minimum absolute atomic E-state index is 0.297. The van der Waals surface area contributed by atoms with Crippen molar-refractivity contribution in [3.8, 4) is 6.07 Å². The van der Waals surface area contributed by atoms with Gasteiger partial charge in [0.25, 0.3) is 0 Å². The minimum Gasteiger partial charge on any atom is -0.299 e. The highest BCUT2D eigenvalue weighted by atomic mass is 15.2. The summed E-state index contributed by atoms with van der Waals surface area (Å²) in [4.78, 5) is 2.47. The molecule has 0 N–H and O–H groups in total. The lowest BCUT2D eigenvalue weighted by Crippen LogP contribution is -2.32. The van der Waals surface area contributed by atoms with Crippen LogP contribution >= 0.6 is 0 Å². The molecule has 12 heavy (non-hydrogen) atoms. The van der Waals surface area contributed by atoms with Crippen molar-refractivity contribution < 1.29 is 0 Å². The van der Waals surface area contributed by atoms with Gasteiger partial charge in [-0.25, -0.2) is 0 Å². The van der Waals surface area contributed by atoms with E-state index in [1.165, 1.54) is 12.8 Å². The van der Waals surface area contributed by atoms with Crippen LogP contribution in [0.25, 0.3) is 0 Å². The van der Waals surface area contributed by atoms with Crippen LogP contribution < -0.4 is 0 Å².